The van der Waals surface area contributed by atoms with Crippen molar-refractivity contribution >= 4 is 23.0 Å². The van der Waals surface area contributed by atoms with Gasteiger partial charge in [0.15, 0.2) is 11.5 Å². The highest BCUT2D eigenvalue weighted by Gasteiger charge is 2.09. The van der Waals surface area contributed by atoms with Gasteiger partial charge in [-0.2, -0.15) is 0 Å². The molecule has 0 saturated heterocycles. The Morgan fingerprint density at radius 3 is 2.15 bits per heavy atom. The van der Waals surface area contributed by atoms with Crippen LogP contribution in [0, 0.1) is 6.92 Å². The summed E-state index contributed by atoms with van der Waals surface area (Å²) in [6, 6.07) is 16.6. The van der Waals surface area contributed by atoms with E-state index in [9.17, 15) is 4.79 Å². The van der Waals surface area contributed by atoms with Crippen LogP contribution in [0.5, 0.6) is 11.5 Å². The summed E-state index contributed by atoms with van der Waals surface area (Å²) in [5.74, 6) is 1.03. The van der Waals surface area contributed by atoms with Gasteiger partial charge in [0.05, 0.1) is 26.1 Å². The van der Waals surface area contributed by atoms with Crippen molar-refractivity contribution in [2.75, 3.05) is 24.9 Å². The number of nitrogens with one attached hydrogen (secondary N) is 2. The molecule has 1 heterocycles. The molecule has 0 bridgehead atoms. The smallest absolute Gasteiger partial charge is 0.274 e. The number of anilines is 3. The summed E-state index contributed by atoms with van der Waals surface area (Å²) in [6.07, 6.45) is 1.61. The number of benzene rings is 2. The zero-order valence-electron chi connectivity index (χ0n) is 15.4. The average Bonchev–Trinajstić information content (AvgIpc) is 2.70. The second-order valence-corrected chi connectivity index (χ2v) is 5.95. The maximum atomic E-state index is 12.3. The SMILES string of the molecule is COc1ccc(Nc2ccc(C(=O)Nc3ccc(C)cc3)nc2)cc1OC. The van der Waals surface area contributed by atoms with Crippen molar-refractivity contribution < 1.29 is 14.3 Å². The van der Waals surface area contributed by atoms with Crippen LogP contribution in [0.15, 0.2) is 60.8 Å². The first-order valence-electron chi connectivity index (χ1n) is 8.42. The third-order valence-electron chi connectivity index (χ3n) is 3.98. The fourth-order valence-corrected chi connectivity index (χ4v) is 2.51. The summed E-state index contributed by atoms with van der Waals surface area (Å²) in [4.78, 5) is 16.5. The summed E-state index contributed by atoms with van der Waals surface area (Å²) in [5, 5.41) is 6.05. The molecule has 2 aromatic carbocycles. The quantitative estimate of drug-likeness (QED) is 0.679. The number of pyridine rings is 1. The maximum absolute atomic E-state index is 12.3. The summed E-state index contributed by atoms with van der Waals surface area (Å²) in [5.41, 5.74) is 3.80. The van der Waals surface area contributed by atoms with Gasteiger partial charge in [-0.05, 0) is 43.3 Å². The Kier molecular flexibility index (Phi) is 5.56. The van der Waals surface area contributed by atoms with E-state index in [0.29, 0.717) is 17.2 Å². The molecule has 3 aromatic rings. The lowest BCUT2D eigenvalue weighted by molar-refractivity contribution is 0.102. The van der Waals surface area contributed by atoms with Crippen LogP contribution in [0.2, 0.25) is 0 Å². The summed E-state index contributed by atoms with van der Waals surface area (Å²) in [6.45, 7) is 2.00. The van der Waals surface area contributed by atoms with Crippen LogP contribution in [-0.2, 0) is 0 Å². The van der Waals surface area contributed by atoms with Crippen molar-refractivity contribution in [3.63, 3.8) is 0 Å². The standard InChI is InChI=1S/C21H21N3O3/c1-14-4-6-15(7-5-14)24-21(25)18-10-8-17(13-22-18)23-16-9-11-19(26-2)20(12-16)27-3/h4-13,23H,1-3H3,(H,24,25). The number of rotatable bonds is 6. The van der Waals surface area contributed by atoms with Gasteiger partial charge in [-0.3, -0.25) is 4.79 Å². The van der Waals surface area contributed by atoms with Crippen molar-refractivity contribution in [1.29, 1.82) is 0 Å². The molecule has 0 aliphatic heterocycles. The molecule has 6 heteroatoms. The van der Waals surface area contributed by atoms with Crippen molar-refractivity contribution in [2.45, 2.75) is 6.92 Å². The minimum absolute atomic E-state index is 0.253. The molecule has 138 valence electrons. The summed E-state index contributed by atoms with van der Waals surface area (Å²) in [7, 11) is 3.18. The van der Waals surface area contributed by atoms with Gasteiger partial charge in [-0.25, -0.2) is 4.98 Å². The predicted octanol–water partition coefficient (Wildman–Crippen LogP) is 4.40. The van der Waals surface area contributed by atoms with E-state index in [2.05, 4.69) is 15.6 Å². The third-order valence-corrected chi connectivity index (χ3v) is 3.98. The van der Waals surface area contributed by atoms with Gasteiger partial charge in [0.25, 0.3) is 5.91 Å². The minimum atomic E-state index is -0.253. The first-order chi connectivity index (χ1) is 13.1. The number of methoxy groups -OCH3 is 2. The maximum Gasteiger partial charge on any atom is 0.274 e. The highest BCUT2D eigenvalue weighted by Crippen LogP contribution is 2.31. The molecule has 27 heavy (non-hydrogen) atoms. The van der Waals surface area contributed by atoms with Gasteiger partial charge >= 0.3 is 0 Å². The first kappa shape index (κ1) is 18.3. The number of ether oxygens (including phenoxy) is 2. The Morgan fingerprint density at radius 2 is 1.52 bits per heavy atom. The monoisotopic (exact) mass is 363 g/mol. The zero-order valence-corrected chi connectivity index (χ0v) is 15.4. The number of amides is 1. The molecular weight excluding hydrogens is 342 g/mol. The Hall–Kier alpha value is -3.54. The molecule has 0 saturated carbocycles. The molecule has 0 atom stereocenters. The molecule has 0 fully saturated rings. The van der Waals surface area contributed by atoms with Crippen molar-refractivity contribution in [3.8, 4) is 11.5 Å². The van der Waals surface area contributed by atoms with Crippen LogP contribution in [0.25, 0.3) is 0 Å². The molecule has 0 radical (unpaired) electrons. The average molecular weight is 363 g/mol. The van der Waals surface area contributed by atoms with Gasteiger partial charge in [0.2, 0.25) is 0 Å². The second-order valence-electron chi connectivity index (χ2n) is 5.95. The number of nitrogens with zero attached hydrogens (tertiary/aromatic N) is 1. The second kappa shape index (κ2) is 8.23. The van der Waals surface area contributed by atoms with Crippen LogP contribution in [0.4, 0.5) is 17.1 Å². The predicted molar refractivity (Wildman–Crippen MR) is 106 cm³/mol. The Morgan fingerprint density at radius 1 is 0.852 bits per heavy atom. The molecule has 1 amide bonds. The molecule has 0 unspecified atom stereocenters. The first-order valence-corrected chi connectivity index (χ1v) is 8.42. The van der Waals surface area contributed by atoms with Gasteiger partial charge in [-0.1, -0.05) is 17.7 Å². The number of carbonyl (C=O) groups is 1. The lowest BCUT2D eigenvalue weighted by atomic mass is 10.2. The Labute approximate surface area is 158 Å². The topological polar surface area (TPSA) is 72.5 Å². The van der Waals surface area contributed by atoms with Gasteiger partial charge in [-0.15, -0.1) is 0 Å². The molecule has 2 N–H and O–H groups in total. The van der Waals surface area contributed by atoms with Crippen molar-refractivity contribution in [2.24, 2.45) is 0 Å². The lowest BCUT2D eigenvalue weighted by Crippen LogP contribution is -2.13. The van der Waals surface area contributed by atoms with Crippen LogP contribution in [0.1, 0.15) is 16.1 Å². The number of aryl methyl sites for hydroxylation is 1. The lowest BCUT2D eigenvalue weighted by Gasteiger charge is -2.11. The van der Waals surface area contributed by atoms with E-state index in [-0.39, 0.29) is 5.91 Å². The summed E-state index contributed by atoms with van der Waals surface area (Å²) < 4.78 is 10.5. The number of hydrogen-bond acceptors (Lipinski definition) is 5. The van der Waals surface area contributed by atoms with E-state index in [0.717, 1.165) is 22.6 Å². The Balaban J connectivity index is 1.68. The summed E-state index contributed by atoms with van der Waals surface area (Å²) >= 11 is 0. The molecule has 6 nitrogen and oxygen atoms in total. The molecule has 0 spiro atoms. The fraction of sp³-hybridized carbons (Fsp3) is 0.143. The van der Waals surface area contributed by atoms with E-state index in [1.807, 2.05) is 49.4 Å². The number of hydrogen-bond donors (Lipinski definition) is 2. The third kappa shape index (κ3) is 4.55. The molecule has 0 aliphatic carbocycles. The van der Waals surface area contributed by atoms with E-state index >= 15 is 0 Å². The molecule has 1 aromatic heterocycles. The largest absolute Gasteiger partial charge is 0.493 e. The Bertz CT molecular complexity index is 922. The molecule has 0 aliphatic rings. The minimum Gasteiger partial charge on any atom is -0.493 e. The van der Waals surface area contributed by atoms with Gasteiger partial charge in [0, 0.05) is 17.4 Å². The number of carbonyl (C=O) groups excluding carboxylic acids is 1. The van der Waals surface area contributed by atoms with E-state index in [4.69, 9.17) is 9.47 Å². The van der Waals surface area contributed by atoms with Crippen LogP contribution in [0.3, 0.4) is 0 Å². The van der Waals surface area contributed by atoms with Crippen molar-refractivity contribution in [1.82, 2.24) is 4.98 Å². The van der Waals surface area contributed by atoms with E-state index < -0.39 is 0 Å². The van der Waals surface area contributed by atoms with Crippen LogP contribution < -0.4 is 20.1 Å². The van der Waals surface area contributed by atoms with Crippen LogP contribution >= 0.6 is 0 Å². The van der Waals surface area contributed by atoms with Crippen molar-refractivity contribution in [3.05, 3.63) is 72.1 Å². The molecular formula is C21H21N3O3. The normalized spacial score (nSPS) is 10.2. The van der Waals surface area contributed by atoms with E-state index in [1.165, 1.54) is 0 Å². The molecule has 3 rings (SSSR count). The highest BCUT2D eigenvalue weighted by molar-refractivity contribution is 6.02. The number of aromatic nitrogens is 1. The van der Waals surface area contributed by atoms with Gasteiger partial charge in [0.1, 0.15) is 5.69 Å². The van der Waals surface area contributed by atoms with Gasteiger partial charge < -0.3 is 20.1 Å². The zero-order chi connectivity index (χ0) is 19.2. The fourth-order valence-electron chi connectivity index (χ4n) is 2.51. The highest BCUT2D eigenvalue weighted by atomic mass is 16.5. The van der Waals surface area contributed by atoms with E-state index in [1.54, 1.807) is 32.5 Å². The van der Waals surface area contributed by atoms with Crippen LogP contribution in [-0.4, -0.2) is 25.1 Å².